The van der Waals surface area contributed by atoms with Gasteiger partial charge in [-0.1, -0.05) is 45.0 Å². The SMILES string of the molecule is CC(C)(C)[C@@H](OC(=O)Oc1ccc([N+](=O)[O-])cc1)c1cccc(-c2cccs2)c1. The molecule has 0 radical (unpaired) electrons. The van der Waals surface area contributed by atoms with E-state index in [0.717, 1.165) is 16.0 Å². The summed E-state index contributed by atoms with van der Waals surface area (Å²) in [5.41, 5.74) is 1.47. The average Bonchev–Trinajstić information content (AvgIpc) is 3.20. The summed E-state index contributed by atoms with van der Waals surface area (Å²) in [5, 5.41) is 12.7. The molecule has 29 heavy (non-hydrogen) atoms. The van der Waals surface area contributed by atoms with Crippen LogP contribution in [-0.2, 0) is 4.74 Å². The molecule has 0 aliphatic rings. The highest BCUT2D eigenvalue weighted by molar-refractivity contribution is 7.13. The number of thiophene rings is 1. The number of benzene rings is 2. The maximum atomic E-state index is 12.4. The van der Waals surface area contributed by atoms with Crippen LogP contribution in [-0.4, -0.2) is 11.1 Å². The van der Waals surface area contributed by atoms with Crippen LogP contribution in [0.1, 0.15) is 32.4 Å². The second kappa shape index (κ2) is 8.45. The Labute approximate surface area is 172 Å². The molecule has 0 saturated carbocycles. The molecule has 1 atom stereocenters. The van der Waals surface area contributed by atoms with Gasteiger partial charge in [-0.05, 0) is 40.8 Å². The second-order valence-corrected chi connectivity index (χ2v) is 8.52. The molecule has 7 heteroatoms. The highest BCUT2D eigenvalue weighted by Crippen LogP contribution is 2.38. The number of non-ortho nitro benzene ring substituents is 1. The number of hydrogen-bond donors (Lipinski definition) is 0. The molecular weight excluding hydrogens is 390 g/mol. The number of hydrogen-bond acceptors (Lipinski definition) is 6. The molecule has 0 fully saturated rings. The third-order valence-electron chi connectivity index (χ3n) is 4.24. The van der Waals surface area contributed by atoms with Crippen molar-refractivity contribution in [2.24, 2.45) is 5.41 Å². The molecule has 2 aromatic carbocycles. The molecule has 1 aromatic heterocycles. The maximum absolute atomic E-state index is 12.4. The van der Waals surface area contributed by atoms with Crippen LogP contribution in [0.3, 0.4) is 0 Å². The fourth-order valence-electron chi connectivity index (χ4n) is 2.90. The molecule has 0 unspecified atom stereocenters. The summed E-state index contributed by atoms with van der Waals surface area (Å²) >= 11 is 1.64. The largest absolute Gasteiger partial charge is 0.514 e. The lowest BCUT2D eigenvalue weighted by Gasteiger charge is -2.30. The van der Waals surface area contributed by atoms with Crippen molar-refractivity contribution in [1.82, 2.24) is 0 Å². The number of nitrogens with zero attached hydrogens (tertiary/aromatic N) is 1. The molecule has 0 amide bonds. The van der Waals surface area contributed by atoms with Crippen molar-refractivity contribution >= 4 is 23.2 Å². The van der Waals surface area contributed by atoms with Crippen LogP contribution in [0.15, 0.2) is 66.0 Å². The molecule has 0 saturated heterocycles. The van der Waals surface area contributed by atoms with Crippen LogP contribution in [0, 0.1) is 15.5 Å². The van der Waals surface area contributed by atoms with Crippen molar-refractivity contribution in [3.8, 4) is 16.2 Å². The Kier molecular flexibility index (Phi) is 5.98. The molecule has 150 valence electrons. The van der Waals surface area contributed by atoms with Gasteiger partial charge in [0.2, 0.25) is 0 Å². The Balaban J connectivity index is 1.78. The topological polar surface area (TPSA) is 78.7 Å². The molecule has 3 aromatic rings. The predicted octanol–water partition coefficient (Wildman–Crippen LogP) is 6.63. The van der Waals surface area contributed by atoms with Crippen molar-refractivity contribution in [2.45, 2.75) is 26.9 Å². The minimum absolute atomic E-state index is 0.0799. The summed E-state index contributed by atoms with van der Waals surface area (Å²) < 4.78 is 10.9. The van der Waals surface area contributed by atoms with E-state index >= 15 is 0 Å². The third-order valence-corrected chi connectivity index (χ3v) is 5.16. The van der Waals surface area contributed by atoms with Gasteiger partial charge in [-0.15, -0.1) is 11.3 Å². The lowest BCUT2D eigenvalue weighted by atomic mass is 9.84. The normalized spacial score (nSPS) is 12.2. The van der Waals surface area contributed by atoms with E-state index in [-0.39, 0.29) is 16.9 Å². The Morgan fingerprint density at radius 1 is 1.07 bits per heavy atom. The molecule has 0 N–H and O–H groups in total. The fourth-order valence-corrected chi connectivity index (χ4v) is 3.62. The monoisotopic (exact) mass is 411 g/mol. The van der Waals surface area contributed by atoms with E-state index < -0.39 is 17.2 Å². The predicted molar refractivity (Wildman–Crippen MR) is 112 cm³/mol. The van der Waals surface area contributed by atoms with Gasteiger partial charge in [0, 0.05) is 22.4 Å². The van der Waals surface area contributed by atoms with Crippen LogP contribution >= 0.6 is 11.3 Å². The molecule has 0 aliphatic heterocycles. The van der Waals surface area contributed by atoms with Gasteiger partial charge in [0.25, 0.3) is 5.69 Å². The average molecular weight is 411 g/mol. The zero-order valence-electron chi connectivity index (χ0n) is 16.3. The fraction of sp³-hybridized carbons (Fsp3) is 0.227. The lowest BCUT2D eigenvalue weighted by Crippen LogP contribution is -2.25. The van der Waals surface area contributed by atoms with Crippen LogP contribution in [0.5, 0.6) is 5.75 Å². The van der Waals surface area contributed by atoms with Gasteiger partial charge < -0.3 is 9.47 Å². The number of nitro benzene ring substituents is 1. The minimum Gasteiger partial charge on any atom is -0.425 e. The summed E-state index contributed by atoms with van der Waals surface area (Å²) in [6, 6.07) is 17.2. The van der Waals surface area contributed by atoms with E-state index in [1.165, 1.54) is 24.3 Å². The van der Waals surface area contributed by atoms with Crippen molar-refractivity contribution in [3.63, 3.8) is 0 Å². The van der Waals surface area contributed by atoms with Crippen LogP contribution < -0.4 is 4.74 Å². The minimum atomic E-state index is -0.861. The van der Waals surface area contributed by atoms with Crippen LogP contribution in [0.4, 0.5) is 10.5 Å². The van der Waals surface area contributed by atoms with Crippen LogP contribution in [0.25, 0.3) is 10.4 Å². The number of ether oxygens (including phenoxy) is 2. The number of carbonyl (C=O) groups excluding carboxylic acids is 1. The van der Waals surface area contributed by atoms with Gasteiger partial charge in [0.05, 0.1) is 4.92 Å². The molecule has 6 nitrogen and oxygen atoms in total. The first kappa shape index (κ1) is 20.5. The van der Waals surface area contributed by atoms with Gasteiger partial charge in [0.15, 0.2) is 0 Å². The maximum Gasteiger partial charge on any atom is 0.514 e. The van der Waals surface area contributed by atoms with Crippen molar-refractivity contribution < 1.29 is 19.2 Å². The van der Waals surface area contributed by atoms with Gasteiger partial charge in [-0.25, -0.2) is 4.79 Å². The molecule has 0 aliphatic carbocycles. The van der Waals surface area contributed by atoms with Crippen molar-refractivity contribution in [2.75, 3.05) is 0 Å². The smallest absolute Gasteiger partial charge is 0.425 e. The molecular formula is C22H21NO5S. The lowest BCUT2D eigenvalue weighted by molar-refractivity contribution is -0.384. The number of carbonyl (C=O) groups is 1. The first-order chi connectivity index (χ1) is 13.7. The highest BCUT2D eigenvalue weighted by Gasteiger charge is 2.31. The number of nitro groups is 1. The molecule has 3 rings (SSSR count). The Morgan fingerprint density at radius 3 is 2.38 bits per heavy atom. The van der Waals surface area contributed by atoms with Crippen molar-refractivity contribution in [1.29, 1.82) is 0 Å². The Bertz CT molecular complexity index is 991. The first-order valence-electron chi connectivity index (χ1n) is 9.01. The molecule has 0 bridgehead atoms. The van der Waals surface area contributed by atoms with E-state index in [9.17, 15) is 14.9 Å². The van der Waals surface area contributed by atoms with Gasteiger partial charge >= 0.3 is 6.16 Å². The van der Waals surface area contributed by atoms with E-state index in [0.29, 0.717) is 0 Å². The Morgan fingerprint density at radius 2 is 1.79 bits per heavy atom. The van der Waals surface area contributed by atoms with E-state index in [4.69, 9.17) is 9.47 Å². The summed E-state index contributed by atoms with van der Waals surface area (Å²) in [6.07, 6.45) is -1.40. The first-order valence-corrected chi connectivity index (χ1v) is 9.89. The molecule has 1 heterocycles. The van der Waals surface area contributed by atoms with Gasteiger partial charge in [0.1, 0.15) is 11.9 Å². The molecule has 0 spiro atoms. The zero-order valence-corrected chi connectivity index (χ0v) is 17.1. The van der Waals surface area contributed by atoms with Gasteiger partial charge in [-0.2, -0.15) is 0 Å². The standard InChI is InChI=1S/C22H21NO5S/c1-22(2,3)20(16-7-4-6-15(14-16)19-8-5-13-29-19)28-21(24)27-18-11-9-17(10-12-18)23(25)26/h4-14,20H,1-3H3/t20-/m0/s1. The quantitative estimate of drug-likeness (QED) is 0.204. The second-order valence-electron chi connectivity index (χ2n) is 7.57. The van der Waals surface area contributed by atoms with E-state index in [1.807, 2.05) is 62.5 Å². The van der Waals surface area contributed by atoms with E-state index in [1.54, 1.807) is 11.3 Å². The summed E-state index contributed by atoms with van der Waals surface area (Å²) in [7, 11) is 0. The Hall–Kier alpha value is -3.19. The highest BCUT2D eigenvalue weighted by atomic mass is 32.1. The summed E-state index contributed by atoms with van der Waals surface area (Å²) in [6.45, 7) is 5.94. The summed E-state index contributed by atoms with van der Waals surface area (Å²) in [5.74, 6) is 0.181. The zero-order chi connectivity index (χ0) is 21.0. The van der Waals surface area contributed by atoms with Gasteiger partial charge in [-0.3, -0.25) is 10.1 Å². The van der Waals surface area contributed by atoms with Crippen molar-refractivity contribution in [3.05, 3.63) is 81.7 Å². The number of rotatable bonds is 5. The van der Waals surface area contributed by atoms with Crippen LogP contribution in [0.2, 0.25) is 0 Å². The third kappa shape index (κ3) is 5.20. The van der Waals surface area contributed by atoms with E-state index in [2.05, 4.69) is 0 Å². The summed E-state index contributed by atoms with van der Waals surface area (Å²) in [4.78, 5) is 23.7.